The van der Waals surface area contributed by atoms with Crippen LogP contribution >= 0.6 is 0 Å². The van der Waals surface area contributed by atoms with Crippen molar-refractivity contribution in [2.45, 2.75) is 37.7 Å². The molecule has 1 aliphatic heterocycles. The molecule has 0 spiro atoms. The van der Waals surface area contributed by atoms with Crippen LogP contribution in [0.3, 0.4) is 0 Å². The minimum Gasteiger partial charge on any atom is -0.387 e. The van der Waals surface area contributed by atoms with Crippen LogP contribution in [0.5, 0.6) is 0 Å². The molecule has 1 aromatic heterocycles. The molecule has 1 fully saturated rings. The minimum absolute atomic E-state index is 0.0385. The van der Waals surface area contributed by atoms with Crippen LogP contribution in [0.15, 0.2) is 36.4 Å². The second-order valence-electron chi connectivity index (χ2n) is 7.88. The summed E-state index contributed by atoms with van der Waals surface area (Å²) in [5.41, 5.74) is -0.0569. The van der Waals surface area contributed by atoms with E-state index in [-0.39, 0.29) is 13.1 Å². The Bertz CT molecular complexity index is 1110. The monoisotopic (exact) mass is 408 g/mol. The van der Waals surface area contributed by atoms with Crippen LogP contribution < -0.4 is 0 Å². The average molecular weight is 408 g/mol. The zero-order chi connectivity index (χ0) is 20.3. The van der Waals surface area contributed by atoms with E-state index >= 15 is 0 Å². The molecule has 5 nitrogen and oxygen atoms in total. The highest BCUT2D eigenvalue weighted by Gasteiger charge is 2.39. The van der Waals surface area contributed by atoms with Gasteiger partial charge >= 0.3 is 0 Å². The van der Waals surface area contributed by atoms with Gasteiger partial charge in [-0.05, 0) is 56.7 Å². The van der Waals surface area contributed by atoms with Gasteiger partial charge in [0.15, 0.2) is 0 Å². The molecule has 0 saturated carbocycles. The number of hydrogen-bond acceptors (Lipinski definition) is 3. The van der Waals surface area contributed by atoms with Crippen LogP contribution in [0.25, 0.3) is 21.8 Å². The second-order valence-corrected chi connectivity index (χ2v) is 10.2. The highest BCUT2D eigenvalue weighted by molar-refractivity contribution is 7.89. The van der Waals surface area contributed by atoms with Crippen molar-refractivity contribution >= 4 is 31.8 Å². The third-order valence-electron chi connectivity index (χ3n) is 5.46. The van der Waals surface area contributed by atoms with Crippen LogP contribution in [0, 0.1) is 11.6 Å². The molecule has 0 amide bonds. The Labute approximate surface area is 162 Å². The first-order chi connectivity index (χ1) is 13.1. The summed E-state index contributed by atoms with van der Waals surface area (Å²) in [5.74, 6) is -0.862. The third kappa shape index (κ3) is 3.19. The maximum Gasteiger partial charge on any atom is 0.216 e. The number of rotatable bonds is 4. The summed E-state index contributed by atoms with van der Waals surface area (Å²) in [6.45, 7) is 3.67. The van der Waals surface area contributed by atoms with Crippen molar-refractivity contribution < 1.29 is 22.3 Å². The molecule has 0 radical (unpaired) electrons. The predicted octanol–water partition coefficient (Wildman–Crippen LogP) is 3.25. The zero-order valence-corrected chi connectivity index (χ0v) is 16.5. The molecule has 4 rings (SSSR count). The lowest BCUT2D eigenvalue weighted by molar-refractivity contribution is 0.0276. The van der Waals surface area contributed by atoms with Crippen molar-refractivity contribution in [2.24, 2.45) is 0 Å². The van der Waals surface area contributed by atoms with Crippen LogP contribution in [0.4, 0.5) is 8.78 Å². The molecule has 2 atom stereocenters. The van der Waals surface area contributed by atoms with E-state index in [1.54, 1.807) is 30.5 Å². The van der Waals surface area contributed by atoms with Crippen molar-refractivity contribution in [3.8, 4) is 0 Å². The SMILES string of the molecule is CC1CCN(CC(C)(O)Cn2c3ccc(F)cc3c3cc(F)ccc32)S1(=O)=O. The Morgan fingerprint density at radius 1 is 1.07 bits per heavy atom. The second kappa shape index (κ2) is 6.50. The van der Waals surface area contributed by atoms with E-state index in [1.165, 1.54) is 28.6 Å². The van der Waals surface area contributed by atoms with Gasteiger partial charge in [0.05, 0.1) is 17.4 Å². The standard InChI is InChI=1S/C20H22F2N2O3S/c1-13-7-8-23(28(13,26)27)11-20(2,25)12-24-18-5-3-14(21)9-16(18)17-10-15(22)4-6-19(17)24/h3-6,9-10,13,25H,7-8,11-12H2,1-2H3. The molecule has 0 aliphatic carbocycles. The van der Waals surface area contributed by atoms with Crippen molar-refractivity contribution in [1.29, 1.82) is 0 Å². The van der Waals surface area contributed by atoms with Crippen molar-refractivity contribution in [3.63, 3.8) is 0 Å². The molecule has 1 N–H and O–H groups in total. The molecule has 0 bridgehead atoms. The fourth-order valence-electron chi connectivity index (χ4n) is 4.01. The molecule has 28 heavy (non-hydrogen) atoms. The minimum atomic E-state index is -3.41. The number of aromatic nitrogens is 1. The smallest absolute Gasteiger partial charge is 0.216 e. The third-order valence-corrected chi connectivity index (χ3v) is 7.74. The molecular formula is C20H22F2N2O3S. The quantitative estimate of drug-likeness (QED) is 0.721. The maximum atomic E-state index is 13.8. The molecule has 2 aromatic carbocycles. The number of benzene rings is 2. The van der Waals surface area contributed by atoms with Crippen LogP contribution in [-0.4, -0.2) is 46.3 Å². The Kier molecular flexibility index (Phi) is 4.48. The van der Waals surface area contributed by atoms with Crippen molar-refractivity contribution in [2.75, 3.05) is 13.1 Å². The van der Waals surface area contributed by atoms with Gasteiger partial charge < -0.3 is 9.67 Å². The van der Waals surface area contributed by atoms with Gasteiger partial charge in [-0.25, -0.2) is 17.2 Å². The molecule has 2 heterocycles. The van der Waals surface area contributed by atoms with E-state index in [0.29, 0.717) is 34.8 Å². The summed E-state index contributed by atoms with van der Waals surface area (Å²) in [4.78, 5) is 0. The van der Waals surface area contributed by atoms with E-state index < -0.39 is 32.5 Å². The van der Waals surface area contributed by atoms with Gasteiger partial charge in [-0.1, -0.05) is 0 Å². The fourth-order valence-corrected chi connectivity index (χ4v) is 5.75. The number of nitrogens with zero attached hydrogens (tertiary/aromatic N) is 2. The zero-order valence-electron chi connectivity index (χ0n) is 15.7. The molecule has 150 valence electrons. The van der Waals surface area contributed by atoms with Crippen molar-refractivity contribution in [1.82, 2.24) is 8.87 Å². The highest BCUT2D eigenvalue weighted by Crippen LogP contribution is 2.32. The predicted molar refractivity (Wildman–Crippen MR) is 105 cm³/mol. The van der Waals surface area contributed by atoms with E-state index in [9.17, 15) is 22.3 Å². The Hall–Kier alpha value is -2.03. The lowest BCUT2D eigenvalue weighted by Gasteiger charge is -2.29. The largest absolute Gasteiger partial charge is 0.387 e. The van der Waals surface area contributed by atoms with Gasteiger partial charge in [0.1, 0.15) is 11.6 Å². The van der Waals surface area contributed by atoms with Gasteiger partial charge in [-0.15, -0.1) is 0 Å². The van der Waals surface area contributed by atoms with E-state index in [0.717, 1.165) is 0 Å². The fraction of sp³-hybridized carbons (Fsp3) is 0.400. The number of fused-ring (bicyclic) bond motifs is 3. The molecular weight excluding hydrogens is 386 g/mol. The van der Waals surface area contributed by atoms with E-state index in [2.05, 4.69) is 0 Å². The molecule has 3 aromatic rings. The van der Waals surface area contributed by atoms with Gasteiger partial charge in [-0.3, -0.25) is 0 Å². The summed E-state index contributed by atoms with van der Waals surface area (Å²) in [6.07, 6.45) is 0.534. The summed E-state index contributed by atoms with van der Waals surface area (Å²) in [5, 5.41) is 11.7. The van der Waals surface area contributed by atoms with Gasteiger partial charge in [0, 0.05) is 34.9 Å². The van der Waals surface area contributed by atoms with E-state index in [1.807, 2.05) is 0 Å². The first-order valence-corrected chi connectivity index (χ1v) is 10.7. The Morgan fingerprint density at radius 3 is 2.07 bits per heavy atom. The summed E-state index contributed by atoms with van der Waals surface area (Å²) in [6, 6.07) is 8.50. The van der Waals surface area contributed by atoms with Crippen LogP contribution in [0.2, 0.25) is 0 Å². The first-order valence-electron chi connectivity index (χ1n) is 9.17. The number of aliphatic hydroxyl groups is 1. The summed E-state index contributed by atoms with van der Waals surface area (Å²) in [7, 11) is -3.41. The average Bonchev–Trinajstić information content (AvgIpc) is 3.03. The highest BCUT2D eigenvalue weighted by atomic mass is 32.2. The van der Waals surface area contributed by atoms with Crippen LogP contribution in [0.1, 0.15) is 20.3 Å². The number of hydrogen-bond donors (Lipinski definition) is 1. The van der Waals surface area contributed by atoms with Gasteiger partial charge in [0.25, 0.3) is 0 Å². The number of β-amino-alcohol motifs (C(OH)–C–C–N with tert-alkyl or cyclic N) is 1. The molecule has 8 heteroatoms. The van der Waals surface area contributed by atoms with Gasteiger partial charge in [-0.2, -0.15) is 4.31 Å². The van der Waals surface area contributed by atoms with E-state index in [4.69, 9.17) is 0 Å². The lowest BCUT2D eigenvalue weighted by Crippen LogP contribution is -2.45. The van der Waals surface area contributed by atoms with Gasteiger partial charge in [0.2, 0.25) is 10.0 Å². The molecule has 1 saturated heterocycles. The summed E-state index contributed by atoms with van der Waals surface area (Å²) >= 11 is 0. The number of sulfonamides is 1. The number of halogens is 2. The first kappa shape index (κ1) is 19.3. The molecule has 1 aliphatic rings. The topological polar surface area (TPSA) is 62.5 Å². The summed E-state index contributed by atoms with van der Waals surface area (Å²) < 4.78 is 55.5. The van der Waals surface area contributed by atoms with Crippen LogP contribution in [-0.2, 0) is 16.6 Å². The lowest BCUT2D eigenvalue weighted by atomic mass is 10.1. The maximum absolute atomic E-state index is 13.8. The normalized spacial score (nSPS) is 22.1. The molecule has 2 unspecified atom stereocenters. The van der Waals surface area contributed by atoms with Crippen molar-refractivity contribution in [3.05, 3.63) is 48.0 Å². The Morgan fingerprint density at radius 2 is 1.61 bits per heavy atom. The Balaban J connectivity index is 1.76.